The maximum absolute atomic E-state index is 12.6. The number of hydrogen-bond acceptors (Lipinski definition) is 6. The Labute approximate surface area is 174 Å². The van der Waals surface area contributed by atoms with Crippen molar-refractivity contribution in [2.24, 2.45) is 0 Å². The standard InChI is InChI=1S/C20H27ClN4O2S/c21-16-12-14(19(27)22-15-4-1-2-5-15)13-17-18(16)23-20(28-17)25-9-7-24(8-10-25)6-3-11-26/h12-13,15,26H,1-11H2,(H,22,27). The first kappa shape index (κ1) is 19.9. The van der Waals surface area contributed by atoms with Gasteiger partial charge in [0.05, 0.1) is 9.72 Å². The summed E-state index contributed by atoms with van der Waals surface area (Å²) in [6.45, 7) is 4.95. The number of benzene rings is 1. The molecule has 1 aromatic carbocycles. The molecule has 152 valence electrons. The summed E-state index contributed by atoms with van der Waals surface area (Å²) in [6, 6.07) is 3.95. The van der Waals surface area contributed by atoms with Crippen LogP contribution >= 0.6 is 22.9 Å². The largest absolute Gasteiger partial charge is 0.396 e. The Bertz CT molecular complexity index is 829. The SMILES string of the molecule is O=C(NC1CCCC1)c1cc(Cl)c2nc(N3CCN(CCCO)CC3)sc2c1. The molecule has 1 saturated carbocycles. The van der Waals surface area contributed by atoms with Gasteiger partial charge in [-0.25, -0.2) is 4.98 Å². The van der Waals surface area contributed by atoms with Gasteiger partial charge in [-0.15, -0.1) is 0 Å². The van der Waals surface area contributed by atoms with Gasteiger partial charge in [0.1, 0.15) is 5.52 Å². The molecule has 0 atom stereocenters. The number of fused-ring (bicyclic) bond motifs is 1. The van der Waals surface area contributed by atoms with Crippen LogP contribution in [0.15, 0.2) is 12.1 Å². The maximum Gasteiger partial charge on any atom is 0.251 e. The second kappa shape index (κ2) is 8.95. The summed E-state index contributed by atoms with van der Waals surface area (Å²) in [5.74, 6) is -0.0388. The number of halogens is 1. The molecule has 1 aliphatic carbocycles. The smallest absolute Gasteiger partial charge is 0.251 e. The van der Waals surface area contributed by atoms with Crippen LogP contribution < -0.4 is 10.2 Å². The molecule has 2 aromatic rings. The Morgan fingerprint density at radius 2 is 2.00 bits per heavy atom. The van der Waals surface area contributed by atoms with E-state index in [4.69, 9.17) is 21.7 Å². The fraction of sp³-hybridized carbons (Fsp3) is 0.600. The number of hydrogen-bond donors (Lipinski definition) is 2. The molecule has 0 bridgehead atoms. The molecular weight excluding hydrogens is 396 g/mol. The van der Waals surface area contributed by atoms with Gasteiger partial charge < -0.3 is 15.3 Å². The lowest BCUT2D eigenvalue weighted by molar-refractivity contribution is 0.0938. The molecule has 1 aromatic heterocycles. The van der Waals surface area contributed by atoms with Crippen LogP contribution in [0.4, 0.5) is 5.13 Å². The molecule has 6 nitrogen and oxygen atoms in total. The third-order valence-corrected chi connectivity index (χ3v) is 7.02. The first-order valence-electron chi connectivity index (χ1n) is 10.1. The summed E-state index contributed by atoms with van der Waals surface area (Å²) in [7, 11) is 0. The molecule has 2 heterocycles. The highest BCUT2D eigenvalue weighted by molar-refractivity contribution is 7.22. The van der Waals surface area contributed by atoms with E-state index >= 15 is 0 Å². The van der Waals surface area contributed by atoms with Gasteiger partial charge in [0.2, 0.25) is 0 Å². The highest BCUT2D eigenvalue weighted by atomic mass is 35.5. The Balaban J connectivity index is 1.46. The number of carbonyl (C=O) groups is 1. The maximum atomic E-state index is 12.6. The van der Waals surface area contributed by atoms with Crippen LogP contribution in [-0.2, 0) is 0 Å². The quantitative estimate of drug-likeness (QED) is 0.748. The number of nitrogens with one attached hydrogen (secondary N) is 1. The molecular formula is C20H27ClN4O2S. The van der Waals surface area contributed by atoms with Crippen molar-refractivity contribution in [2.75, 3.05) is 44.2 Å². The van der Waals surface area contributed by atoms with E-state index in [0.29, 0.717) is 16.6 Å². The lowest BCUT2D eigenvalue weighted by atomic mass is 10.1. The number of amides is 1. The monoisotopic (exact) mass is 422 g/mol. The number of aromatic nitrogens is 1. The zero-order valence-corrected chi connectivity index (χ0v) is 17.6. The summed E-state index contributed by atoms with van der Waals surface area (Å²) in [6.07, 6.45) is 5.34. The van der Waals surface area contributed by atoms with Gasteiger partial charge in [-0.2, -0.15) is 0 Å². The number of aliphatic hydroxyl groups excluding tert-OH is 1. The van der Waals surface area contributed by atoms with Crippen LogP contribution in [0.2, 0.25) is 5.02 Å². The Morgan fingerprint density at radius 3 is 2.71 bits per heavy atom. The van der Waals surface area contributed by atoms with Gasteiger partial charge in [-0.05, 0) is 31.4 Å². The molecule has 2 aliphatic rings. The van der Waals surface area contributed by atoms with E-state index in [0.717, 1.165) is 67.3 Å². The first-order chi connectivity index (χ1) is 13.6. The summed E-state index contributed by atoms with van der Waals surface area (Å²) in [4.78, 5) is 22.0. The van der Waals surface area contributed by atoms with Gasteiger partial charge in [0.15, 0.2) is 5.13 Å². The molecule has 0 spiro atoms. The minimum absolute atomic E-state index is 0.0388. The lowest BCUT2D eigenvalue weighted by Crippen LogP contribution is -2.46. The summed E-state index contributed by atoms with van der Waals surface area (Å²) in [5, 5.41) is 13.6. The highest BCUT2D eigenvalue weighted by Gasteiger charge is 2.22. The molecule has 0 unspecified atom stereocenters. The lowest BCUT2D eigenvalue weighted by Gasteiger charge is -2.34. The average molecular weight is 423 g/mol. The third-order valence-electron chi connectivity index (χ3n) is 5.66. The molecule has 28 heavy (non-hydrogen) atoms. The third kappa shape index (κ3) is 4.43. The van der Waals surface area contributed by atoms with E-state index in [1.807, 2.05) is 6.07 Å². The van der Waals surface area contributed by atoms with E-state index in [-0.39, 0.29) is 12.5 Å². The number of carbonyl (C=O) groups excluding carboxylic acids is 1. The van der Waals surface area contributed by atoms with Crippen molar-refractivity contribution in [2.45, 2.75) is 38.1 Å². The highest BCUT2D eigenvalue weighted by Crippen LogP contribution is 2.34. The van der Waals surface area contributed by atoms with Crippen LogP contribution in [0.5, 0.6) is 0 Å². The Hall–Kier alpha value is -1.41. The molecule has 0 radical (unpaired) electrons. The van der Waals surface area contributed by atoms with Crippen LogP contribution in [-0.4, -0.2) is 66.3 Å². The van der Waals surface area contributed by atoms with Crippen molar-refractivity contribution in [1.82, 2.24) is 15.2 Å². The van der Waals surface area contributed by atoms with Crippen LogP contribution in [0.1, 0.15) is 42.5 Å². The second-order valence-electron chi connectivity index (χ2n) is 7.66. The van der Waals surface area contributed by atoms with Gasteiger partial charge in [0, 0.05) is 50.9 Å². The average Bonchev–Trinajstić information content (AvgIpc) is 3.36. The van der Waals surface area contributed by atoms with E-state index in [2.05, 4.69) is 15.1 Å². The molecule has 2 N–H and O–H groups in total. The molecule has 4 rings (SSSR count). The fourth-order valence-corrected chi connectivity index (χ4v) is 5.44. The number of thiazole rings is 1. The van der Waals surface area contributed by atoms with Gasteiger partial charge >= 0.3 is 0 Å². The first-order valence-corrected chi connectivity index (χ1v) is 11.3. The van der Waals surface area contributed by atoms with E-state index in [1.165, 1.54) is 12.8 Å². The Morgan fingerprint density at radius 1 is 1.25 bits per heavy atom. The summed E-state index contributed by atoms with van der Waals surface area (Å²) in [5.41, 5.74) is 1.40. The molecule has 1 aliphatic heterocycles. The minimum Gasteiger partial charge on any atom is -0.396 e. The second-order valence-corrected chi connectivity index (χ2v) is 9.08. The predicted molar refractivity (Wildman–Crippen MR) is 115 cm³/mol. The summed E-state index contributed by atoms with van der Waals surface area (Å²) >= 11 is 8.07. The normalized spacial score (nSPS) is 18.9. The predicted octanol–water partition coefficient (Wildman–Crippen LogP) is 3.13. The summed E-state index contributed by atoms with van der Waals surface area (Å²) < 4.78 is 0.960. The van der Waals surface area contributed by atoms with E-state index < -0.39 is 0 Å². The topological polar surface area (TPSA) is 68.7 Å². The van der Waals surface area contributed by atoms with Crippen molar-refractivity contribution in [3.05, 3.63) is 22.7 Å². The number of piperazine rings is 1. The van der Waals surface area contributed by atoms with Crippen molar-refractivity contribution in [3.63, 3.8) is 0 Å². The molecule has 8 heteroatoms. The van der Waals surface area contributed by atoms with Gasteiger partial charge in [-0.3, -0.25) is 9.69 Å². The minimum atomic E-state index is -0.0388. The van der Waals surface area contributed by atoms with Crippen LogP contribution in [0.3, 0.4) is 0 Å². The molecule has 1 amide bonds. The molecule has 1 saturated heterocycles. The van der Waals surface area contributed by atoms with Crippen LogP contribution in [0, 0.1) is 0 Å². The van der Waals surface area contributed by atoms with Gasteiger partial charge in [-0.1, -0.05) is 35.8 Å². The van der Waals surface area contributed by atoms with Crippen molar-refractivity contribution >= 4 is 44.2 Å². The Kier molecular flexibility index (Phi) is 6.35. The zero-order chi connectivity index (χ0) is 19.5. The number of nitrogens with zero attached hydrogens (tertiary/aromatic N) is 3. The van der Waals surface area contributed by atoms with Crippen molar-refractivity contribution in [3.8, 4) is 0 Å². The zero-order valence-electron chi connectivity index (χ0n) is 16.0. The van der Waals surface area contributed by atoms with Crippen molar-refractivity contribution < 1.29 is 9.90 Å². The number of aliphatic hydroxyl groups is 1. The fourth-order valence-electron chi connectivity index (χ4n) is 4.04. The van der Waals surface area contributed by atoms with Crippen LogP contribution in [0.25, 0.3) is 10.2 Å². The van der Waals surface area contributed by atoms with Crippen molar-refractivity contribution in [1.29, 1.82) is 0 Å². The number of rotatable bonds is 6. The van der Waals surface area contributed by atoms with E-state index in [1.54, 1.807) is 17.4 Å². The van der Waals surface area contributed by atoms with E-state index in [9.17, 15) is 4.79 Å². The number of anilines is 1. The molecule has 2 fully saturated rings. The van der Waals surface area contributed by atoms with Gasteiger partial charge in [0.25, 0.3) is 5.91 Å².